The van der Waals surface area contributed by atoms with Crippen molar-refractivity contribution in [1.82, 2.24) is 4.98 Å². The Bertz CT molecular complexity index is 995. The second-order valence-corrected chi connectivity index (χ2v) is 6.87. The van der Waals surface area contributed by atoms with Crippen LogP contribution < -0.4 is 10.2 Å². The smallest absolute Gasteiger partial charge is 0.230 e. The summed E-state index contributed by atoms with van der Waals surface area (Å²) in [5, 5.41) is 2.99. The van der Waals surface area contributed by atoms with E-state index >= 15 is 0 Å². The molecule has 1 aliphatic heterocycles. The third kappa shape index (κ3) is 4.46. The summed E-state index contributed by atoms with van der Waals surface area (Å²) in [4.78, 5) is 19.3. The van der Waals surface area contributed by atoms with E-state index in [4.69, 9.17) is 9.15 Å². The monoisotopic (exact) mass is 395 g/mol. The van der Waals surface area contributed by atoms with Gasteiger partial charge in [0.1, 0.15) is 11.6 Å². The zero-order valence-electron chi connectivity index (χ0n) is 16.2. The maximum atomic E-state index is 13.1. The number of aromatic nitrogens is 1. The Labute approximate surface area is 168 Å². The number of oxazole rings is 1. The largest absolute Gasteiger partial charge is 0.441 e. The van der Waals surface area contributed by atoms with Gasteiger partial charge >= 0.3 is 0 Å². The lowest BCUT2D eigenvalue weighted by Crippen LogP contribution is -2.36. The van der Waals surface area contributed by atoms with Crippen LogP contribution in [-0.2, 0) is 16.0 Å². The molecule has 1 N–H and O–H groups in total. The van der Waals surface area contributed by atoms with Crippen LogP contribution in [-0.4, -0.2) is 37.2 Å². The minimum absolute atomic E-state index is 0.0912. The number of ether oxygens (including phenoxy) is 1. The van der Waals surface area contributed by atoms with E-state index in [0.29, 0.717) is 36.1 Å². The molecule has 150 valence electrons. The van der Waals surface area contributed by atoms with Crippen LogP contribution >= 0.6 is 0 Å². The predicted octanol–water partition coefficient (Wildman–Crippen LogP) is 3.81. The molecule has 6 nitrogen and oxygen atoms in total. The molecule has 0 bridgehead atoms. The maximum Gasteiger partial charge on any atom is 0.230 e. The molecule has 0 atom stereocenters. The van der Waals surface area contributed by atoms with E-state index in [-0.39, 0.29) is 18.1 Å². The minimum atomic E-state index is -0.324. The van der Waals surface area contributed by atoms with Gasteiger partial charge in [0.15, 0.2) is 0 Å². The Morgan fingerprint density at radius 1 is 1.14 bits per heavy atom. The number of benzene rings is 2. The first-order chi connectivity index (χ1) is 14.1. The Morgan fingerprint density at radius 3 is 2.62 bits per heavy atom. The number of nitrogens with one attached hydrogen (secondary N) is 1. The molecule has 1 aliphatic rings. The second-order valence-electron chi connectivity index (χ2n) is 6.87. The molecule has 2 heterocycles. The summed E-state index contributed by atoms with van der Waals surface area (Å²) < 4.78 is 24.2. The van der Waals surface area contributed by atoms with E-state index in [1.807, 2.05) is 24.3 Å². The molecule has 1 aromatic heterocycles. The summed E-state index contributed by atoms with van der Waals surface area (Å²) in [6, 6.07) is 13.6. The Morgan fingerprint density at radius 2 is 1.86 bits per heavy atom. The van der Waals surface area contributed by atoms with Crippen molar-refractivity contribution < 1.29 is 18.3 Å². The van der Waals surface area contributed by atoms with Crippen molar-refractivity contribution in [3.05, 3.63) is 65.8 Å². The average Bonchev–Trinajstić information content (AvgIpc) is 3.09. The van der Waals surface area contributed by atoms with Gasteiger partial charge in [-0.1, -0.05) is 12.1 Å². The number of para-hydroxylation sites is 2. The molecule has 0 spiro atoms. The molecule has 29 heavy (non-hydrogen) atoms. The van der Waals surface area contributed by atoms with Crippen molar-refractivity contribution >= 4 is 17.3 Å². The van der Waals surface area contributed by atoms with Crippen molar-refractivity contribution in [3.63, 3.8) is 0 Å². The van der Waals surface area contributed by atoms with Gasteiger partial charge in [-0.15, -0.1) is 0 Å². The first kappa shape index (κ1) is 19.1. The van der Waals surface area contributed by atoms with Crippen molar-refractivity contribution in [2.75, 3.05) is 36.5 Å². The summed E-state index contributed by atoms with van der Waals surface area (Å²) in [6.07, 6.45) is 0.0912. The van der Waals surface area contributed by atoms with Crippen LogP contribution in [0.15, 0.2) is 52.9 Å². The Kier molecular flexibility index (Phi) is 5.57. The van der Waals surface area contributed by atoms with E-state index in [0.717, 1.165) is 24.5 Å². The third-order valence-electron chi connectivity index (χ3n) is 4.84. The van der Waals surface area contributed by atoms with Crippen LogP contribution in [0.4, 0.5) is 15.8 Å². The van der Waals surface area contributed by atoms with Gasteiger partial charge < -0.3 is 19.4 Å². The van der Waals surface area contributed by atoms with Crippen molar-refractivity contribution in [1.29, 1.82) is 0 Å². The van der Waals surface area contributed by atoms with Crippen LogP contribution in [0.5, 0.6) is 0 Å². The fourth-order valence-corrected chi connectivity index (χ4v) is 3.31. The number of hydrogen-bond acceptors (Lipinski definition) is 5. The quantitative estimate of drug-likeness (QED) is 0.712. The van der Waals surface area contributed by atoms with Gasteiger partial charge in [-0.05, 0) is 43.3 Å². The zero-order valence-corrected chi connectivity index (χ0v) is 16.2. The number of carbonyl (C=O) groups excluding carboxylic acids is 1. The first-order valence-electron chi connectivity index (χ1n) is 9.54. The van der Waals surface area contributed by atoms with E-state index in [2.05, 4.69) is 15.2 Å². The van der Waals surface area contributed by atoms with Crippen LogP contribution in [0, 0.1) is 12.7 Å². The standard InChI is InChI=1S/C22H22FN3O3/c1-15-19(25-22(29-15)16-6-8-17(23)9-7-16)14-21(27)24-18-4-2-3-5-20(18)26-10-12-28-13-11-26/h2-9H,10-14H2,1H3,(H,24,27). The van der Waals surface area contributed by atoms with E-state index in [9.17, 15) is 9.18 Å². The van der Waals surface area contributed by atoms with Gasteiger partial charge in [0.25, 0.3) is 0 Å². The molecule has 7 heteroatoms. The fourth-order valence-electron chi connectivity index (χ4n) is 3.31. The summed E-state index contributed by atoms with van der Waals surface area (Å²) in [5.41, 5.74) is 2.97. The number of morpholine rings is 1. The molecule has 0 radical (unpaired) electrons. The van der Waals surface area contributed by atoms with E-state index < -0.39 is 0 Å². The average molecular weight is 395 g/mol. The number of anilines is 2. The molecule has 4 rings (SSSR count). The number of carbonyl (C=O) groups is 1. The number of halogens is 1. The zero-order chi connectivity index (χ0) is 20.2. The third-order valence-corrected chi connectivity index (χ3v) is 4.84. The minimum Gasteiger partial charge on any atom is -0.441 e. The van der Waals surface area contributed by atoms with Gasteiger partial charge in [0, 0.05) is 18.7 Å². The lowest BCUT2D eigenvalue weighted by atomic mass is 10.2. The molecule has 1 saturated heterocycles. The Hall–Kier alpha value is -3.19. The molecule has 2 aromatic carbocycles. The predicted molar refractivity (Wildman–Crippen MR) is 108 cm³/mol. The van der Waals surface area contributed by atoms with E-state index in [1.54, 1.807) is 19.1 Å². The van der Waals surface area contributed by atoms with Gasteiger partial charge in [0.05, 0.1) is 36.7 Å². The lowest BCUT2D eigenvalue weighted by molar-refractivity contribution is -0.115. The van der Waals surface area contributed by atoms with Gasteiger partial charge in [-0.25, -0.2) is 9.37 Å². The highest BCUT2D eigenvalue weighted by Gasteiger charge is 2.18. The number of rotatable bonds is 5. The number of hydrogen-bond donors (Lipinski definition) is 1. The van der Waals surface area contributed by atoms with E-state index in [1.165, 1.54) is 12.1 Å². The van der Waals surface area contributed by atoms with Crippen LogP contribution in [0.1, 0.15) is 11.5 Å². The first-order valence-corrected chi connectivity index (χ1v) is 9.54. The molecular formula is C22H22FN3O3. The molecule has 1 fully saturated rings. The summed E-state index contributed by atoms with van der Waals surface area (Å²) in [7, 11) is 0. The normalized spacial score (nSPS) is 14.1. The van der Waals surface area contributed by atoms with Crippen LogP contribution in [0.25, 0.3) is 11.5 Å². The SMILES string of the molecule is Cc1oc(-c2ccc(F)cc2)nc1CC(=O)Nc1ccccc1N1CCOCC1. The van der Waals surface area contributed by atoms with Crippen molar-refractivity contribution in [3.8, 4) is 11.5 Å². The summed E-state index contributed by atoms with van der Waals surface area (Å²) in [6.45, 7) is 4.69. The van der Waals surface area contributed by atoms with Gasteiger partial charge in [-0.3, -0.25) is 4.79 Å². The summed E-state index contributed by atoms with van der Waals surface area (Å²) in [5.74, 6) is 0.447. The second kappa shape index (κ2) is 8.45. The van der Waals surface area contributed by atoms with Crippen molar-refractivity contribution in [2.24, 2.45) is 0 Å². The number of amides is 1. The lowest BCUT2D eigenvalue weighted by Gasteiger charge is -2.30. The maximum absolute atomic E-state index is 13.1. The Balaban J connectivity index is 1.47. The highest BCUT2D eigenvalue weighted by atomic mass is 19.1. The molecule has 1 amide bonds. The van der Waals surface area contributed by atoms with Crippen LogP contribution in [0.3, 0.4) is 0 Å². The number of aryl methyl sites for hydroxylation is 1. The molecule has 0 aliphatic carbocycles. The number of nitrogens with zero attached hydrogens (tertiary/aromatic N) is 2. The topological polar surface area (TPSA) is 67.6 Å². The highest BCUT2D eigenvalue weighted by Crippen LogP contribution is 2.27. The van der Waals surface area contributed by atoms with Crippen LogP contribution in [0.2, 0.25) is 0 Å². The highest BCUT2D eigenvalue weighted by molar-refractivity contribution is 5.95. The van der Waals surface area contributed by atoms with Gasteiger partial charge in [-0.2, -0.15) is 0 Å². The van der Waals surface area contributed by atoms with Gasteiger partial charge in [0.2, 0.25) is 11.8 Å². The molecular weight excluding hydrogens is 373 g/mol. The fraction of sp³-hybridized carbons (Fsp3) is 0.273. The molecule has 0 saturated carbocycles. The summed E-state index contributed by atoms with van der Waals surface area (Å²) >= 11 is 0. The molecule has 0 unspecified atom stereocenters. The van der Waals surface area contributed by atoms with Crippen molar-refractivity contribution in [2.45, 2.75) is 13.3 Å². The molecule has 3 aromatic rings.